The van der Waals surface area contributed by atoms with Gasteiger partial charge >= 0.3 is 0 Å². The third-order valence-electron chi connectivity index (χ3n) is 3.07. The molecule has 0 saturated carbocycles. The van der Waals surface area contributed by atoms with E-state index in [9.17, 15) is 0 Å². The molecule has 1 unspecified atom stereocenters. The number of hydrogen-bond acceptors (Lipinski definition) is 3. The quantitative estimate of drug-likeness (QED) is 0.270. The van der Waals surface area contributed by atoms with Crippen molar-refractivity contribution in [1.82, 2.24) is 10.6 Å². The smallest absolute Gasteiger partial charge is 0.191 e. The summed E-state index contributed by atoms with van der Waals surface area (Å²) in [5.74, 6) is 2.33. The Morgan fingerprint density at radius 3 is 2.48 bits per heavy atom. The predicted molar refractivity (Wildman–Crippen MR) is 107 cm³/mol. The second kappa shape index (κ2) is 13.3. The second-order valence-corrected chi connectivity index (χ2v) is 5.08. The first-order valence-electron chi connectivity index (χ1n) is 8.03. The van der Waals surface area contributed by atoms with Crippen LogP contribution in [0.1, 0.15) is 33.6 Å². The van der Waals surface area contributed by atoms with Gasteiger partial charge in [-0.1, -0.05) is 25.5 Å². The Morgan fingerprint density at radius 1 is 1.17 bits per heavy atom. The average Bonchev–Trinajstić information content (AvgIpc) is 2.53. The van der Waals surface area contributed by atoms with E-state index >= 15 is 0 Å². The van der Waals surface area contributed by atoms with Gasteiger partial charge in [0.25, 0.3) is 0 Å². The summed E-state index contributed by atoms with van der Waals surface area (Å²) in [6.45, 7) is 8.61. The maximum absolute atomic E-state index is 5.90. The van der Waals surface area contributed by atoms with E-state index in [2.05, 4.69) is 29.5 Å². The van der Waals surface area contributed by atoms with Gasteiger partial charge in [-0.2, -0.15) is 0 Å². The van der Waals surface area contributed by atoms with Gasteiger partial charge in [0.15, 0.2) is 17.5 Å². The van der Waals surface area contributed by atoms with E-state index in [0.29, 0.717) is 6.54 Å². The highest BCUT2D eigenvalue weighted by Crippen LogP contribution is 2.26. The van der Waals surface area contributed by atoms with Crippen molar-refractivity contribution < 1.29 is 9.47 Å². The number of aliphatic imine (C=N–C) groups is 1. The van der Waals surface area contributed by atoms with Crippen LogP contribution in [0.2, 0.25) is 0 Å². The Labute approximate surface area is 157 Å². The van der Waals surface area contributed by atoms with E-state index < -0.39 is 0 Å². The van der Waals surface area contributed by atoms with Crippen molar-refractivity contribution in [2.75, 3.05) is 26.7 Å². The molecule has 0 saturated heterocycles. The normalized spacial score (nSPS) is 12.1. The molecular formula is C17H30IN3O2. The Morgan fingerprint density at radius 2 is 1.87 bits per heavy atom. The Balaban J connectivity index is 0.00000484. The summed E-state index contributed by atoms with van der Waals surface area (Å²) in [5.41, 5.74) is 0. The zero-order valence-corrected chi connectivity index (χ0v) is 16.9. The number of benzene rings is 1. The fourth-order valence-electron chi connectivity index (χ4n) is 1.92. The summed E-state index contributed by atoms with van der Waals surface area (Å²) in [4.78, 5) is 4.57. The van der Waals surface area contributed by atoms with E-state index in [1.807, 2.05) is 31.2 Å². The van der Waals surface area contributed by atoms with Crippen molar-refractivity contribution in [3.63, 3.8) is 0 Å². The number of methoxy groups -OCH3 is 1. The van der Waals surface area contributed by atoms with Gasteiger partial charge in [0.1, 0.15) is 6.10 Å². The molecule has 0 heterocycles. The van der Waals surface area contributed by atoms with Gasteiger partial charge in [-0.05, 0) is 32.4 Å². The molecular weight excluding hydrogens is 405 g/mol. The molecule has 0 aliphatic carbocycles. The van der Waals surface area contributed by atoms with Crippen molar-refractivity contribution in [3.8, 4) is 11.5 Å². The fraction of sp³-hybridized carbons (Fsp3) is 0.588. The van der Waals surface area contributed by atoms with E-state index in [0.717, 1.165) is 37.0 Å². The van der Waals surface area contributed by atoms with Gasteiger partial charge in [0.2, 0.25) is 0 Å². The number of unbranched alkanes of at least 4 members (excludes halogenated alkanes) is 1. The molecule has 0 fully saturated rings. The van der Waals surface area contributed by atoms with E-state index in [1.165, 1.54) is 6.42 Å². The minimum Gasteiger partial charge on any atom is -0.493 e. The number of nitrogens with one attached hydrogen (secondary N) is 2. The number of halogens is 1. The molecule has 0 amide bonds. The summed E-state index contributed by atoms with van der Waals surface area (Å²) < 4.78 is 11.2. The molecule has 5 nitrogen and oxygen atoms in total. The van der Waals surface area contributed by atoms with Gasteiger partial charge in [0.05, 0.1) is 13.7 Å². The maximum atomic E-state index is 5.90. The molecule has 0 aliphatic heterocycles. The van der Waals surface area contributed by atoms with Gasteiger partial charge < -0.3 is 20.1 Å². The highest BCUT2D eigenvalue weighted by molar-refractivity contribution is 14.0. The molecule has 0 aromatic heterocycles. The first kappa shape index (κ1) is 21.8. The minimum atomic E-state index is -0.0297. The predicted octanol–water partition coefficient (Wildman–Crippen LogP) is 3.44. The van der Waals surface area contributed by atoms with Crippen LogP contribution in [0, 0.1) is 0 Å². The van der Waals surface area contributed by atoms with Crippen LogP contribution >= 0.6 is 24.0 Å². The molecule has 0 radical (unpaired) electrons. The number of nitrogens with zero attached hydrogens (tertiary/aromatic N) is 1. The van der Waals surface area contributed by atoms with Crippen LogP contribution in [0.25, 0.3) is 0 Å². The lowest BCUT2D eigenvalue weighted by molar-refractivity contribution is 0.219. The van der Waals surface area contributed by atoms with Crippen LogP contribution in [0.4, 0.5) is 0 Å². The van der Waals surface area contributed by atoms with Crippen LogP contribution < -0.4 is 20.1 Å². The number of ether oxygens (including phenoxy) is 2. The monoisotopic (exact) mass is 435 g/mol. The summed E-state index contributed by atoms with van der Waals surface area (Å²) in [6.07, 6.45) is 2.27. The van der Waals surface area contributed by atoms with Crippen molar-refractivity contribution in [2.45, 2.75) is 39.7 Å². The standard InChI is InChI=1S/C17H29N3O2.HI/c1-5-7-12-19-17(18-6-2)20-13-14(3)22-16-11-9-8-10-15(16)21-4;/h8-11,14H,5-7,12-13H2,1-4H3,(H2,18,19,20);1H. The van der Waals surface area contributed by atoms with Crippen molar-refractivity contribution in [3.05, 3.63) is 24.3 Å². The lowest BCUT2D eigenvalue weighted by Gasteiger charge is -2.16. The van der Waals surface area contributed by atoms with Gasteiger partial charge in [-0.3, -0.25) is 0 Å². The van der Waals surface area contributed by atoms with Crippen molar-refractivity contribution >= 4 is 29.9 Å². The third-order valence-corrected chi connectivity index (χ3v) is 3.07. The highest BCUT2D eigenvalue weighted by atomic mass is 127. The lowest BCUT2D eigenvalue weighted by atomic mass is 10.3. The molecule has 1 atom stereocenters. The van der Waals surface area contributed by atoms with Crippen LogP contribution in [-0.2, 0) is 0 Å². The summed E-state index contributed by atoms with van der Waals surface area (Å²) >= 11 is 0. The molecule has 6 heteroatoms. The summed E-state index contributed by atoms with van der Waals surface area (Å²) in [5, 5.41) is 6.56. The molecule has 0 aliphatic rings. The Kier molecular flexibility index (Phi) is 12.6. The average molecular weight is 435 g/mol. The van der Waals surface area contributed by atoms with Gasteiger partial charge in [-0.15, -0.1) is 24.0 Å². The largest absolute Gasteiger partial charge is 0.493 e. The van der Waals surface area contributed by atoms with Crippen LogP contribution in [0.5, 0.6) is 11.5 Å². The number of hydrogen-bond donors (Lipinski definition) is 2. The minimum absolute atomic E-state index is 0. The topological polar surface area (TPSA) is 54.9 Å². The molecule has 23 heavy (non-hydrogen) atoms. The van der Waals surface area contributed by atoms with Crippen molar-refractivity contribution in [1.29, 1.82) is 0 Å². The molecule has 1 aromatic rings. The third kappa shape index (κ3) is 8.88. The van der Waals surface area contributed by atoms with Gasteiger partial charge in [-0.25, -0.2) is 4.99 Å². The van der Waals surface area contributed by atoms with E-state index in [-0.39, 0.29) is 30.1 Å². The van der Waals surface area contributed by atoms with Crippen LogP contribution in [0.15, 0.2) is 29.3 Å². The molecule has 2 N–H and O–H groups in total. The van der Waals surface area contributed by atoms with Crippen molar-refractivity contribution in [2.24, 2.45) is 4.99 Å². The van der Waals surface area contributed by atoms with Crippen LogP contribution in [-0.4, -0.2) is 38.8 Å². The molecule has 1 rings (SSSR count). The first-order chi connectivity index (χ1) is 10.7. The lowest BCUT2D eigenvalue weighted by Crippen LogP contribution is -2.38. The fourth-order valence-corrected chi connectivity index (χ4v) is 1.92. The van der Waals surface area contributed by atoms with E-state index in [1.54, 1.807) is 7.11 Å². The highest BCUT2D eigenvalue weighted by Gasteiger charge is 2.08. The first-order valence-corrected chi connectivity index (χ1v) is 8.03. The summed E-state index contributed by atoms with van der Waals surface area (Å²) in [7, 11) is 1.64. The summed E-state index contributed by atoms with van der Waals surface area (Å²) in [6, 6.07) is 7.66. The molecule has 1 aromatic carbocycles. The molecule has 0 bridgehead atoms. The second-order valence-electron chi connectivity index (χ2n) is 5.08. The maximum Gasteiger partial charge on any atom is 0.191 e. The Hall–Kier alpha value is -1.18. The van der Waals surface area contributed by atoms with Gasteiger partial charge in [0, 0.05) is 13.1 Å². The Bertz CT molecular complexity index is 455. The molecule has 0 spiro atoms. The number of guanidine groups is 1. The zero-order chi connectivity index (χ0) is 16.2. The van der Waals surface area contributed by atoms with Crippen LogP contribution in [0.3, 0.4) is 0 Å². The number of para-hydroxylation sites is 2. The SMILES string of the molecule is CCCCNC(=NCC(C)Oc1ccccc1OC)NCC.I. The van der Waals surface area contributed by atoms with E-state index in [4.69, 9.17) is 9.47 Å². The zero-order valence-electron chi connectivity index (χ0n) is 14.6. The number of rotatable bonds is 9. The molecule has 132 valence electrons.